The first-order valence-corrected chi connectivity index (χ1v) is 5.79. The summed E-state index contributed by atoms with van der Waals surface area (Å²) in [6.45, 7) is 0.567. The third-order valence-corrected chi connectivity index (χ3v) is 2.87. The van der Waals surface area contributed by atoms with Crippen molar-refractivity contribution in [1.82, 2.24) is 4.98 Å². The zero-order chi connectivity index (χ0) is 13.4. The molecule has 3 N–H and O–H groups in total. The highest BCUT2D eigenvalue weighted by molar-refractivity contribution is 5.95. The number of pyridine rings is 1. The van der Waals surface area contributed by atoms with Gasteiger partial charge in [0.2, 0.25) is 0 Å². The molecule has 0 aromatic carbocycles. The highest BCUT2D eigenvalue weighted by atomic mass is 16.6. The number of carbonyl (C=O) groups excluding carboxylic acids is 2. The number of aromatic nitrogens is 1. The second-order valence-electron chi connectivity index (χ2n) is 4.21. The number of hydrogen-bond donors (Lipinski definition) is 2. The molecule has 0 aliphatic carbocycles. The Morgan fingerprint density at radius 3 is 3.05 bits per heavy atom. The number of nitrogens with one attached hydrogen (secondary N) is 1. The summed E-state index contributed by atoms with van der Waals surface area (Å²) in [5, 5.41) is 2.59. The van der Waals surface area contributed by atoms with Crippen LogP contribution in [-0.4, -0.2) is 42.8 Å². The molecule has 0 bridgehead atoms. The number of anilines is 2. The number of nitrogens with two attached hydrogens (primary N) is 1. The van der Waals surface area contributed by atoms with Crippen molar-refractivity contribution in [2.75, 3.05) is 29.9 Å². The smallest absolute Gasteiger partial charge is 0.416 e. The predicted octanol–water partition coefficient (Wildman–Crippen LogP) is -0.304. The van der Waals surface area contributed by atoms with Crippen LogP contribution < -0.4 is 20.7 Å². The van der Waals surface area contributed by atoms with Crippen LogP contribution in [-0.2, 0) is 9.53 Å². The van der Waals surface area contributed by atoms with Gasteiger partial charge in [0.25, 0.3) is 5.91 Å². The summed E-state index contributed by atoms with van der Waals surface area (Å²) in [6, 6.07) is 3.29. The zero-order valence-electron chi connectivity index (χ0n) is 9.96. The molecule has 8 nitrogen and oxygen atoms in total. The standard InChI is InChI=1S/C11H12N4O4/c12-3-6-4-15(11(17)19-6)8-2-1-7-10(13-8)14-9(16)5-18-7/h1-2,6H,3-5,12H2,(H,13,14,16). The van der Waals surface area contributed by atoms with Gasteiger partial charge in [-0.1, -0.05) is 0 Å². The normalized spacial score (nSPS) is 21.5. The second-order valence-corrected chi connectivity index (χ2v) is 4.21. The highest BCUT2D eigenvalue weighted by Gasteiger charge is 2.33. The Hall–Kier alpha value is -2.35. The number of fused-ring (bicyclic) bond motifs is 1. The maximum absolute atomic E-state index is 11.7. The molecule has 0 radical (unpaired) electrons. The van der Waals surface area contributed by atoms with Gasteiger partial charge in [-0.25, -0.2) is 9.78 Å². The molecule has 2 aliphatic rings. The zero-order valence-corrected chi connectivity index (χ0v) is 9.96. The maximum Gasteiger partial charge on any atom is 0.416 e. The van der Waals surface area contributed by atoms with Crippen molar-refractivity contribution in [3.8, 4) is 5.75 Å². The lowest BCUT2D eigenvalue weighted by atomic mass is 10.3. The van der Waals surface area contributed by atoms with E-state index >= 15 is 0 Å². The van der Waals surface area contributed by atoms with E-state index in [1.807, 2.05) is 0 Å². The van der Waals surface area contributed by atoms with Crippen molar-refractivity contribution in [3.05, 3.63) is 12.1 Å². The third-order valence-electron chi connectivity index (χ3n) is 2.87. The fourth-order valence-corrected chi connectivity index (χ4v) is 1.94. The molecule has 1 saturated heterocycles. The van der Waals surface area contributed by atoms with Gasteiger partial charge in [-0.2, -0.15) is 0 Å². The maximum atomic E-state index is 11.7. The Kier molecular flexibility index (Phi) is 2.71. The first kappa shape index (κ1) is 11.7. The van der Waals surface area contributed by atoms with E-state index in [0.29, 0.717) is 23.9 Å². The highest BCUT2D eigenvalue weighted by Crippen LogP contribution is 2.29. The molecule has 2 aliphatic heterocycles. The van der Waals surface area contributed by atoms with Gasteiger partial charge in [-0.05, 0) is 12.1 Å². The summed E-state index contributed by atoms with van der Waals surface area (Å²) in [4.78, 5) is 28.5. The van der Waals surface area contributed by atoms with Crippen LogP contribution in [0.2, 0.25) is 0 Å². The SMILES string of the molecule is NCC1CN(c2ccc3c(n2)NC(=O)CO3)C(=O)O1. The van der Waals surface area contributed by atoms with Crippen LogP contribution in [0.5, 0.6) is 5.75 Å². The summed E-state index contributed by atoms with van der Waals surface area (Å²) in [7, 11) is 0. The van der Waals surface area contributed by atoms with Crippen LogP contribution in [0.3, 0.4) is 0 Å². The molecule has 100 valence electrons. The van der Waals surface area contributed by atoms with Crippen LogP contribution in [0, 0.1) is 0 Å². The summed E-state index contributed by atoms with van der Waals surface area (Å²) >= 11 is 0. The van der Waals surface area contributed by atoms with E-state index in [2.05, 4.69) is 10.3 Å². The molecular weight excluding hydrogens is 252 g/mol. The largest absolute Gasteiger partial charge is 0.480 e. The molecule has 2 amide bonds. The Balaban J connectivity index is 1.88. The van der Waals surface area contributed by atoms with E-state index in [9.17, 15) is 9.59 Å². The minimum Gasteiger partial charge on any atom is -0.480 e. The van der Waals surface area contributed by atoms with Crippen LogP contribution in [0.15, 0.2) is 12.1 Å². The molecule has 8 heteroatoms. The lowest BCUT2D eigenvalue weighted by Crippen LogP contribution is -2.30. The van der Waals surface area contributed by atoms with E-state index in [1.165, 1.54) is 4.90 Å². The van der Waals surface area contributed by atoms with Crippen LogP contribution in [0.1, 0.15) is 0 Å². The molecule has 1 aromatic heterocycles. The van der Waals surface area contributed by atoms with Gasteiger partial charge in [0.05, 0.1) is 6.54 Å². The molecule has 0 spiro atoms. The minimum absolute atomic E-state index is 0.0327. The van der Waals surface area contributed by atoms with Gasteiger partial charge in [-0.15, -0.1) is 0 Å². The average Bonchev–Trinajstić information content (AvgIpc) is 2.79. The number of ether oxygens (including phenoxy) is 2. The Labute approximate surface area is 108 Å². The number of hydrogen-bond acceptors (Lipinski definition) is 6. The molecule has 1 unspecified atom stereocenters. The average molecular weight is 264 g/mol. The number of amides is 2. The topological polar surface area (TPSA) is 107 Å². The number of nitrogens with zero attached hydrogens (tertiary/aromatic N) is 2. The minimum atomic E-state index is -0.494. The molecule has 3 heterocycles. The summed E-state index contributed by atoms with van der Waals surface area (Å²) < 4.78 is 10.2. The Morgan fingerprint density at radius 2 is 2.32 bits per heavy atom. The summed E-state index contributed by atoms with van der Waals surface area (Å²) in [5.41, 5.74) is 5.46. The van der Waals surface area contributed by atoms with Gasteiger partial charge in [0, 0.05) is 6.54 Å². The van der Waals surface area contributed by atoms with E-state index in [-0.39, 0.29) is 25.2 Å². The van der Waals surface area contributed by atoms with Crippen molar-refractivity contribution < 1.29 is 19.1 Å². The number of rotatable bonds is 2. The van der Waals surface area contributed by atoms with Gasteiger partial charge < -0.3 is 20.5 Å². The predicted molar refractivity (Wildman–Crippen MR) is 65.0 cm³/mol. The molecule has 1 atom stereocenters. The van der Waals surface area contributed by atoms with Gasteiger partial charge in [0.15, 0.2) is 18.2 Å². The molecule has 1 fully saturated rings. The first-order valence-electron chi connectivity index (χ1n) is 5.79. The van der Waals surface area contributed by atoms with Crippen molar-refractivity contribution in [1.29, 1.82) is 0 Å². The molecular formula is C11H12N4O4. The number of carbonyl (C=O) groups is 2. The van der Waals surface area contributed by atoms with Crippen molar-refractivity contribution in [3.63, 3.8) is 0 Å². The fraction of sp³-hybridized carbons (Fsp3) is 0.364. The molecule has 1 aromatic rings. The monoisotopic (exact) mass is 264 g/mol. The molecule has 3 rings (SSSR count). The summed E-state index contributed by atoms with van der Waals surface area (Å²) in [6.07, 6.45) is -0.831. The molecule has 19 heavy (non-hydrogen) atoms. The lowest BCUT2D eigenvalue weighted by molar-refractivity contribution is -0.118. The van der Waals surface area contributed by atoms with E-state index < -0.39 is 6.09 Å². The lowest BCUT2D eigenvalue weighted by Gasteiger charge is -2.19. The molecule has 0 saturated carbocycles. The fourth-order valence-electron chi connectivity index (χ4n) is 1.94. The van der Waals surface area contributed by atoms with Crippen LogP contribution in [0.25, 0.3) is 0 Å². The van der Waals surface area contributed by atoms with E-state index in [4.69, 9.17) is 15.2 Å². The Morgan fingerprint density at radius 1 is 1.47 bits per heavy atom. The third kappa shape index (κ3) is 2.06. The first-order chi connectivity index (χ1) is 9.17. The quantitative estimate of drug-likeness (QED) is 0.759. The number of cyclic esters (lactones) is 1. The second kappa shape index (κ2) is 4.39. The van der Waals surface area contributed by atoms with Crippen LogP contribution >= 0.6 is 0 Å². The summed E-state index contributed by atoms with van der Waals surface area (Å²) in [5.74, 6) is 0.899. The van der Waals surface area contributed by atoms with Crippen LogP contribution in [0.4, 0.5) is 16.4 Å². The van der Waals surface area contributed by atoms with Crippen molar-refractivity contribution >= 4 is 23.6 Å². The van der Waals surface area contributed by atoms with Gasteiger partial charge in [-0.3, -0.25) is 9.69 Å². The van der Waals surface area contributed by atoms with Gasteiger partial charge in [0.1, 0.15) is 11.9 Å². The van der Waals surface area contributed by atoms with Crippen molar-refractivity contribution in [2.24, 2.45) is 5.73 Å². The van der Waals surface area contributed by atoms with E-state index in [1.54, 1.807) is 12.1 Å². The van der Waals surface area contributed by atoms with E-state index in [0.717, 1.165) is 0 Å². The Bertz CT molecular complexity index is 547. The van der Waals surface area contributed by atoms with Gasteiger partial charge >= 0.3 is 6.09 Å². The van der Waals surface area contributed by atoms with Crippen molar-refractivity contribution in [2.45, 2.75) is 6.10 Å².